The molecule has 2 rings (SSSR count). The fraction of sp³-hybridized carbons (Fsp3) is 0.750. The van der Waals surface area contributed by atoms with Crippen molar-refractivity contribution in [3.8, 4) is 0 Å². The van der Waals surface area contributed by atoms with E-state index in [2.05, 4.69) is 12.2 Å². The smallest absolute Gasteiger partial charge is 0.277 e. The van der Waals surface area contributed by atoms with Gasteiger partial charge in [0, 0.05) is 6.54 Å². The summed E-state index contributed by atoms with van der Waals surface area (Å²) in [5, 5.41) is 2.25. The van der Waals surface area contributed by atoms with Gasteiger partial charge in [0.25, 0.3) is 0 Å². The van der Waals surface area contributed by atoms with Gasteiger partial charge in [0.15, 0.2) is 0 Å². The molecular formula is C12H18N2O3. The Morgan fingerprint density at radius 2 is 2.00 bits per heavy atom. The normalized spacial score (nSPS) is 27.1. The summed E-state index contributed by atoms with van der Waals surface area (Å²) in [4.78, 5) is 36.3. The molecule has 5 nitrogen and oxygen atoms in total. The first-order chi connectivity index (χ1) is 8.04. The molecule has 1 N–H and O–H groups in total. The van der Waals surface area contributed by atoms with Gasteiger partial charge in [-0.15, -0.1) is 0 Å². The second kappa shape index (κ2) is 4.47. The Balaban J connectivity index is 2.06. The van der Waals surface area contributed by atoms with Gasteiger partial charge < -0.3 is 0 Å². The number of rotatable bonds is 4. The van der Waals surface area contributed by atoms with E-state index in [-0.39, 0.29) is 5.91 Å². The molecule has 4 amide bonds. The quantitative estimate of drug-likeness (QED) is 0.747. The highest BCUT2D eigenvalue weighted by atomic mass is 16.2. The summed E-state index contributed by atoms with van der Waals surface area (Å²) in [6, 6.07) is -0.558. The van der Waals surface area contributed by atoms with Crippen molar-refractivity contribution in [1.29, 1.82) is 0 Å². The molecule has 2 atom stereocenters. The average molecular weight is 238 g/mol. The van der Waals surface area contributed by atoms with E-state index in [9.17, 15) is 14.4 Å². The van der Waals surface area contributed by atoms with Crippen LogP contribution >= 0.6 is 0 Å². The predicted octanol–water partition coefficient (Wildman–Crippen LogP) is 1.14. The third-order valence-corrected chi connectivity index (χ3v) is 3.66. The number of carbonyl (C=O) groups is 3. The minimum absolute atomic E-state index is 0.329. The van der Waals surface area contributed by atoms with Crippen molar-refractivity contribution in [1.82, 2.24) is 10.2 Å². The van der Waals surface area contributed by atoms with E-state index in [0.29, 0.717) is 24.8 Å². The zero-order valence-corrected chi connectivity index (χ0v) is 10.2. The van der Waals surface area contributed by atoms with Crippen molar-refractivity contribution < 1.29 is 14.4 Å². The van der Waals surface area contributed by atoms with Gasteiger partial charge in [0.2, 0.25) is 11.8 Å². The Hall–Kier alpha value is -1.39. The summed E-state index contributed by atoms with van der Waals surface area (Å²) in [6.45, 7) is 4.26. The summed E-state index contributed by atoms with van der Waals surface area (Å²) in [5.74, 6) is -0.533. The van der Waals surface area contributed by atoms with Crippen LogP contribution in [-0.4, -0.2) is 29.3 Å². The van der Waals surface area contributed by atoms with E-state index in [1.54, 1.807) is 6.92 Å². The van der Waals surface area contributed by atoms with Crippen molar-refractivity contribution in [2.75, 3.05) is 6.54 Å². The van der Waals surface area contributed by atoms with Gasteiger partial charge in [-0.2, -0.15) is 0 Å². The molecule has 1 heterocycles. The van der Waals surface area contributed by atoms with Crippen LogP contribution in [0, 0.1) is 17.8 Å². The highest BCUT2D eigenvalue weighted by Crippen LogP contribution is 2.37. The lowest BCUT2D eigenvalue weighted by Gasteiger charge is -2.31. The van der Waals surface area contributed by atoms with Crippen LogP contribution in [0.25, 0.3) is 0 Å². The van der Waals surface area contributed by atoms with E-state index in [0.717, 1.165) is 0 Å². The van der Waals surface area contributed by atoms with Crippen LogP contribution in [0.3, 0.4) is 0 Å². The lowest BCUT2D eigenvalue weighted by Crippen LogP contribution is -2.58. The van der Waals surface area contributed by atoms with Crippen molar-refractivity contribution >= 4 is 17.8 Å². The Kier molecular flexibility index (Phi) is 3.17. The number of hydrogen-bond acceptors (Lipinski definition) is 3. The van der Waals surface area contributed by atoms with Crippen molar-refractivity contribution in [3.63, 3.8) is 0 Å². The molecule has 5 heteroatoms. The van der Waals surface area contributed by atoms with Crippen LogP contribution in [0.1, 0.15) is 33.1 Å². The zero-order valence-electron chi connectivity index (χ0n) is 10.2. The first-order valence-electron chi connectivity index (χ1n) is 6.20. The second-order valence-corrected chi connectivity index (χ2v) is 5.02. The summed E-state index contributed by atoms with van der Waals surface area (Å²) in [5.41, 5.74) is 0. The Labute approximate surface area is 101 Å². The molecule has 0 aromatic heterocycles. The third-order valence-electron chi connectivity index (χ3n) is 3.66. The molecule has 0 bridgehead atoms. The molecule has 1 saturated heterocycles. The molecule has 1 aliphatic carbocycles. The summed E-state index contributed by atoms with van der Waals surface area (Å²) in [7, 11) is 0. The molecular weight excluding hydrogens is 220 g/mol. The van der Waals surface area contributed by atoms with Crippen LogP contribution in [0.4, 0.5) is 4.79 Å². The molecule has 2 fully saturated rings. The first-order valence-corrected chi connectivity index (χ1v) is 6.20. The lowest BCUT2D eigenvalue weighted by atomic mass is 9.99. The van der Waals surface area contributed by atoms with Crippen LogP contribution < -0.4 is 5.32 Å². The van der Waals surface area contributed by atoms with Crippen molar-refractivity contribution in [2.24, 2.45) is 17.8 Å². The molecule has 0 radical (unpaired) electrons. The second-order valence-electron chi connectivity index (χ2n) is 5.02. The largest absolute Gasteiger partial charge is 0.330 e. The van der Waals surface area contributed by atoms with Gasteiger partial charge in [-0.25, -0.2) is 4.79 Å². The molecule has 94 valence electrons. The fourth-order valence-electron chi connectivity index (χ4n) is 2.30. The van der Waals surface area contributed by atoms with Gasteiger partial charge in [0.1, 0.15) is 5.92 Å². The first kappa shape index (κ1) is 12.1. The van der Waals surface area contributed by atoms with Crippen molar-refractivity contribution in [3.05, 3.63) is 0 Å². The monoisotopic (exact) mass is 238 g/mol. The molecule has 1 aliphatic heterocycles. The molecule has 2 aliphatic rings. The maximum absolute atomic E-state index is 12.0. The minimum atomic E-state index is -0.695. The van der Waals surface area contributed by atoms with Crippen LogP contribution in [-0.2, 0) is 9.59 Å². The highest BCUT2D eigenvalue weighted by molar-refractivity contribution is 6.16. The third kappa shape index (κ3) is 2.33. The van der Waals surface area contributed by atoms with Crippen LogP contribution in [0.5, 0.6) is 0 Å². The molecule has 1 saturated carbocycles. The number of urea groups is 1. The molecule has 17 heavy (non-hydrogen) atoms. The van der Waals surface area contributed by atoms with E-state index in [1.165, 1.54) is 17.7 Å². The van der Waals surface area contributed by atoms with Gasteiger partial charge in [-0.05, 0) is 31.1 Å². The van der Waals surface area contributed by atoms with Gasteiger partial charge in [-0.1, -0.05) is 13.8 Å². The van der Waals surface area contributed by atoms with Gasteiger partial charge in [-0.3, -0.25) is 19.8 Å². The van der Waals surface area contributed by atoms with Gasteiger partial charge in [0.05, 0.1) is 0 Å². The number of hydrogen-bond donors (Lipinski definition) is 1. The Bertz CT molecular complexity index is 363. The summed E-state index contributed by atoms with van der Waals surface area (Å²) >= 11 is 0. The summed E-state index contributed by atoms with van der Waals surface area (Å²) in [6.07, 6.45) is 2.80. The molecule has 0 spiro atoms. The zero-order chi connectivity index (χ0) is 12.6. The Morgan fingerprint density at radius 1 is 1.35 bits per heavy atom. The number of imide groups is 2. The fourth-order valence-corrected chi connectivity index (χ4v) is 2.30. The standard InChI is InChI=1S/C12H18N2O3/c1-3-9-10(15)13-12(17)14(11(9)16)6-7(2)8-4-5-8/h7-9H,3-6H2,1-2H3,(H,13,15,17). The number of carbonyl (C=O) groups excluding carboxylic acids is 3. The van der Waals surface area contributed by atoms with Gasteiger partial charge >= 0.3 is 6.03 Å². The van der Waals surface area contributed by atoms with Crippen molar-refractivity contribution in [2.45, 2.75) is 33.1 Å². The Morgan fingerprint density at radius 3 is 2.53 bits per heavy atom. The van der Waals surface area contributed by atoms with Crippen LogP contribution in [0.15, 0.2) is 0 Å². The SMILES string of the molecule is CCC1C(=O)NC(=O)N(CC(C)C2CC2)C1=O. The maximum atomic E-state index is 12.0. The van der Waals surface area contributed by atoms with E-state index in [4.69, 9.17) is 0 Å². The lowest BCUT2D eigenvalue weighted by molar-refractivity contribution is -0.143. The molecule has 2 unspecified atom stereocenters. The van der Waals surface area contributed by atoms with Crippen LogP contribution in [0.2, 0.25) is 0 Å². The number of barbiturate groups is 1. The number of amides is 4. The highest BCUT2D eigenvalue weighted by Gasteiger charge is 2.41. The predicted molar refractivity (Wildman–Crippen MR) is 60.9 cm³/mol. The van der Waals surface area contributed by atoms with E-state index >= 15 is 0 Å². The topological polar surface area (TPSA) is 66.5 Å². The van der Waals surface area contributed by atoms with E-state index < -0.39 is 17.9 Å². The maximum Gasteiger partial charge on any atom is 0.330 e. The summed E-state index contributed by atoms with van der Waals surface area (Å²) < 4.78 is 0. The number of nitrogens with one attached hydrogen (secondary N) is 1. The van der Waals surface area contributed by atoms with E-state index in [1.807, 2.05) is 0 Å². The molecule has 0 aromatic rings. The molecule has 0 aromatic carbocycles. The average Bonchev–Trinajstić information content (AvgIpc) is 3.07. The number of nitrogens with zero attached hydrogens (tertiary/aromatic N) is 1. The minimum Gasteiger partial charge on any atom is -0.277 e.